The summed E-state index contributed by atoms with van der Waals surface area (Å²) >= 11 is 1.35. The summed E-state index contributed by atoms with van der Waals surface area (Å²) in [5.41, 5.74) is 0.267. The Bertz CT molecular complexity index is 482. The second-order valence-electron chi connectivity index (χ2n) is 5.49. The average Bonchev–Trinajstić information content (AvgIpc) is 3.34. The molecule has 2 rings (SSSR count). The summed E-state index contributed by atoms with van der Waals surface area (Å²) in [5, 5.41) is 12.6. The molecule has 0 aromatic carbocycles. The molecule has 1 heterocycles. The smallest absolute Gasteiger partial charge is 0.140 e. The Hall–Kier alpha value is -1.45. The molecule has 0 saturated heterocycles. The summed E-state index contributed by atoms with van der Waals surface area (Å²) < 4.78 is 5.07. The minimum atomic E-state index is -0.799. The Balaban J connectivity index is 1.95. The molecule has 1 fully saturated rings. The monoisotopic (exact) mass is 307 g/mol. The van der Waals surface area contributed by atoms with Crippen LogP contribution in [0.3, 0.4) is 0 Å². The van der Waals surface area contributed by atoms with Gasteiger partial charge in [0.1, 0.15) is 17.1 Å². The van der Waals surface area contributed by atoms with Gasteiger partial charge in [0, 0.05) is 31.3 Å². The molecule has 1 aliphatic heterocycles. The van der Waals surface area contributed by atoms with Crippen molar-refractivity contribution in [1.29, 1.82) is 5.26 Å². The van der Waals surface area contributed by atoms with E-state index in [0.717, 1.165) is 24.8 Å². The molecule has 2 unspecified atom stereocenters. The van der Waals surface area contributed by atoms with E-state index in [2.05, 4.69) is 22.4 Å². The Morgan fingerprint density at radius 1 is 1.67 bits per heavy atom. The average molecular weight is 307 g/mol. The fourth-order valence-electron chi connectivity index (χ4n) is 2.51. The van der Waals surface area contributed by atoms with Crippen LogP contribution in [0.4, 0.5) is 0 Å². The quantitative estimate of drug-likeness (QED) is 0.547. The molecule has 1 N–H and O–H groups in total. The molecule has 0 bridgehead atoms. The van der Waals surface area contributed by atoms with Crippen molar-refractivity contribution in [2.45, 2.75) is 24.6 Å². The van der Waals surface area contributed by atoms with Gasteiger partial charge in [-0.1, -0.05) is 0 Å². The number of carbonyl (C=O) groups excluding carboxylic acids is 1. The maximum atomic E-state index is 11.4. The molecule has 114 valence electrons. The first-order chi connectivity index (χ1) is 10.1. The van der Waals surface area contributed by atoms with E-state index in [-0.39, 0.29) is 11.3 Å². The number of hydrogen-bond acceptors (Lipinski definition) is 6. The molecular formula is C15H21N3O2S. The lowest BCUT2D eigenvalue weighted by atomic mass is 9.82. The zero-order chi connectivity index (χ0) is 15.3. The lowest BCUT2D eigenvalue weighted by molar-refractivity contribution is -0.115. The van der Waals surface area contributed by atoms with E-state index in [1.807, 2.05) is 19.3 Å². The molecule has 1 saturated carbocycles. The van der Waals surface area contributed by atoms with E-state index in [1.54, 1.807) is 7.11 Å². The maximum absolute atomic E-state index is 11.4. The molecule has 1 aliphatic carbocycles. The van der Waals surface area contributed by atoms with Gasteiger partial charge in [-0.05, 0) is 43.5 Å². The second-order valence-corrected chi connectivity index (χ2v) is 6.52. The molecule has 2 aliphatic rings. The first kappa shape index (κ1) is 15.9. The molecule has 0 spiro atoms. The summed E-state index contributed by atoms with van der Waals surface area (Å²) in [6, 6.07) is 2.25. The topological polar surface area (TPSA) is 65.4 Å². The molecule has 2 atom stereocenters. The van der Waals surface area contributed by atoms with Gasteiger partial charge in [-0.25, -0.2) is 0 Å². The molecule has 0 amide bonds. The van der Waals surface area contributed by atoms with Crippen molar-refractivity contribution >= 4 is 18.3 Å². The van der Waals surface area contributed by atoms with Crippen LogP contribution in [0.1, 0.15) is 19.3 Å². The van der Waals surface area contributed by atoms with E-state index >= 15 is 0 Å². The highest BCUT2D eigenvalue weighted by Gasteiger charge is 2.45. The van der Waals surface area contributed by atoms with Crippen LogP contribution in [-0.2, 0) is 8.98 Å². The number of likely N-dealkylation sites (N-methyl/N-ethyl adjacent to an activating group) is 1. The largest absolute Gasteiger partial charge is 0.375 e. The van der Waals surface area contributed by atoms with Crippen molar-refractivity contribution < 1.29 is 8.98 Å². The summed E-state index contributed by atoms with van der Waals surface area (Å²) in [6.07, 6.45) is 9.37. The highest BCUT2D eigenvalue weighted by atomic mass is 32.2. The zero-order valence-corrected chi connectivity index (χ0v) is 13.2. The summed E-state index contributed by atoms with van der Waals surface area (Å²) in [6.45, 7) is 0.684. The number of nitrogens with one attached hydrogen (secondary N) is 1. The third-order valence-electron chi connectivity index (χ3n) is 4.06. The fourth-order valence-corrected chi connectivity index (χ4v) is 3.05. The Labute approximate surface area is 130 Å². The van der Waals surface area contributed by atoms with Crippen molar-refractivity contribution in [3.63, 3.8) is 0 Å². The lowest BCUT2D eigenvalue weighted by Gasteiger charge is -2.28. The van der Waals surface area contributed by atoms with E-state index in [9.17, 15) is 10.1 Å². The van der Waals surface area contributed by atoms with E-state index in [1.165, 1.54) is 12.0 Å². The second kappa shape index (κ2) is 7.01. The number of dihydropyridines is 1. The minimum Gasteiger partial charge on any atom is -0.375 e. The summed E-state index contributed by atoms with van der Waals surface area (Å²) in [5.74, 6) is 0.253. The third kappa shape index (κ3) is 3.80. The van der Waals surface area contributed by atoms with E-state index < -0.39 is 5.41 Å². The summed E-state index contributed by atoms with van der Waals surface area (Å²) in [4.78, 5) is 13.4. The maximum Gasteiger partial charge on any atom is 0.140 e. The Morgan fingerprint density at radius 2 is 2.43 bits per heavy atom. The van der Waals surface area contributed by atoms with Gasteiger partial charge >= 0.3 is 0 Å². The van der Waals surface area contributed by atoms with Crippen LogP contribution in [0, 0.1) is 22.7 Å². The molecule has 6 heteroatoms. The van der Waals surface area contributed by atoms with Crippen molar-refractivity contribution in [3.05, 3.63) is 24.0 Å². The Morgan fingerprint density at radius 3 is 3.00 bits per heavy atom. The number of nitriles is 1. The van der Waals surface area contributed by atoms with Gasteiger partial charge in [0.25, 0.3) is 0 Å². The van der Waals surface area contributed by atoms with E-state index in [0.29, 0.717) is 13.0 Å². The molecular weight excluding hydrogens is 286 g/mol. The van der Waals surface area contributed by atoms with Crippen LogP contribution in [0.5, 0.6) is 0 Å². The van der Waals surface area contributed by atoms with Crippen molar-refractivity contribution in [3.8, 4) is 6.07 Å². The van der Waals surface area contributed by atoms with Crippen molar-refractivity contribution in [2.24, 2.45) is 11.3 Å². The SMILES string of the molecule is COSC1C=C(N(C)CCC(C#N)(C=O)C2CC2)C=CN1. The van der Waals surface area contributed by atoms with E-state index in [4.69, 9.17) is 4.18 Å². The van der Waals surface area contributed by atoms with Gasteiger partial charge in [-0.3, -0.25) is 0 Å². The van der Waals surface area contributed by atoms with Crippen LogP contribution in [-0.4, -0.2) is 37.3 Å². The summed E-state index contributed by atoms with van der Waals surface area (Å²) in [7, 11) is 3.62. The van der Waals surface area contributed by atoms with Crippen molar-refractivity contribution in [1.82, 2.24) is 10.2 Å². The molecule has 21 heavy (non-hydrogen) atoms. The number of allylic oxidation sites excluding steroid dienone is 1. The van der Waals surface area contributed by atoms with Gasteiger partial charge in [0.2, 0.25) is 0 Å². The van der Waals surface area contributed by atoms with Gasteiger partial charge in [-0.15, -0.1) is 0 Å². The highest BCUT2D eigenvalue weighted by molar-refractivity contribution is 7.95. The molecule has 0 aromatic rings. The number of nitrogens with zero attached hydrogens (tertiary/aromatic N) is 2. The van der Waals surface area contributed by atoms with Crippen LogP contribution in [0.25, 0.3) is 0 Å². The third-order valence-corrected chi connectivity index (χ3v) is 4.73. The van der Waals surface area contributed by atoms with Gasteiger partial charge < -0.3 is 19.2 Å². The lowest BCUT2D eigenvalue weighted by Crippen LogP contribution is -2.32. The van der Waals surface area contributed by atoms with Gasteiger partial charge in [-0.2, -0.15) is 5.26 Å². The minimum absolute atomic E-state index is 0.0766. The predicted molar refractivity (Wildman–Crippen MR) is 82.8 cm³/mol. The molecule has 0 aromatic heterocycles. The van der Waals surface area contributed by atoms with Crippen LogP contribution < -0.4 is 5.32 Å². The normalized spacial score (nSPS) is 23.5. The fraction of sp³-hybridized carbons (Fsp3) is 0.600. The van der Waals surface area contributed by atoms with Gasteiger partial charge in [0.15, 0.2) is 0 Å². The van der Waals surface area contributed by atoms with Gasteiger partial charge in [0.05, 0.1) is 13.2 Å². The first-order valence-electron chi connectivity index (χ1n) is 7.08. The van der Waals surface area contributed by atoms with Crippen molar-refractivity contribution in [2.75, 3.05) is 20.7 Å². The molecule has 0 radical (unpaired) electrons. The molecule has 5 nitrogen and oxygen atoms in total. The first-order valence-corrected chi connectivity index (χ1v) is 7.88. The standard InChI is InChI=1S/C15H21N3O2S/c1-18(13-5-7-17-14(9-13)21-20-2)8-6-15(10-16,11-19)12-3-4-12/h5,7,9,11-12,14,17H,3-4,6,8H2,1-2H3. The zero-order valence-electron chi connectivity index (χ0n) is 12.4. The Kier molecular flexibility index (Phi) is 5.32. The highest BCUT2D eigenvalue weighted by Crippen LogP contribution is 2.46. The number of rotatable bonds is 8. The predicted octanol–water partition coefficient (Wildman–Crippen LogP) is 2.05. The number of carbonyl (C=O) groups is 1. The van der Waals surface area contributed by atoms with Crippen LogP contribution in [0.2, 0.25) is 0 Å². The number of aldehydes is 1. The number of hydrogen-bond donors (Lipinski definition) is 1. The van der Waals surface area contributed by atoms with Crippen LogP contribution in [0.15, 0.2) is 24.0 Å². The van der Waals surface area contributed by atoms with Crippen LogP contribution >= 0.6 is 12.0 Å².